The number of nitrogens with zero attached hydrogens (tertiary/aromatic N) is 3. The Morgan fingerprint density at radius 1 is 1.10 bits per heavy atom. The van der Waals surface area contributed by atoms with Gasteiger partial charge in [0.2, 0.25) is 5.91 Å². The number of aromatic nitrogens is 1. The van der Waals surface area contributed by atoms with Gasteiger partial charge in [-0.3, -0.25) is 19.7 Å². The van der Waals surface area contributed by atoms with E-state index in [1.165, 1.54) is 18.4 Å². The van der Waals surface area contributed by atoms with Crippen molar-refractivity contribution in [2.45, 2.75) is 13.1 Å². The summed E-state index contributed by atoms with van der Waals surface area (Å²) in [6.07, 6.45) is -4.55. The molecule has 1 fully saturated rings. The second-order valence-electron chi connectivity index (χ2n) is 6.37. The fraction of sp³-hybridized carbons (Fsp3) is 0.333. The first-order valence-electron chi connectivity index (χ1n) is 8.64. The van der Waals surface area contributed by atoms with Crippen molar-refractivity contribution in [3.05, 3.63) is 46.5 Å². The second kappa shape index (κ2) is 8.19. The van der Waals surface area contributed by atoms with Crippen LogP contribution in [0.5, 0.6) is 0 Å². The van der Waals surface area contributed by atoms with E-state index in [0.717, 1.165) is 29.5 Å². The number of anilines is 1. The average Bonchev–Trinajstić information content (AvgIpc) is 3.15. The molecule has 7 nitrogen and oxygen atoms in total. The third-order valence-electron chi connectivity index (χ3n) is 4.41. The summed E-state index contributed by atoms with van der Waals surface area (Å²) < 4.78 is 38.4. The first kappa shape index (κ1) is 20.8. The fourth-order valence-corrected chi connectivity index (χ4v) is 3.50. The minimum atomic E-state index is -4.55. The van der Waals surface area contributed by atoms with Crippen molar-refractivity contribution >= 4 is 34.2 Å². The highest BCUT2D eigenvalue weighted by atomic mass is 32.1. The largest absolute Gasteiger partial charge is 0.416 e. The Balaban J connectivity index is 1.64. The number of carbonyl (C=O) groups excluding carboxylic acids is 3. The zero-order valence-electron chi connectivity index (χ0n) is 15.3. The van der Waals surface area contributed by atoms with Crippen LogP contribution in [-0.4, -0.2) is 58.7 Å². The third-order valence-corrected chi connectivity index (χ3v) is 5.17. The number of hydrogen-bond donors (Lipinski definition) is 1. The summed E-state index contributed by atoms with van der Waals surface area (Å²) in [5, 5.41) is 4.00. The zero-order valence-corrected chi connectivity index (χ0v) is 16.1. The molecule has 0 aliphatic carbocycles. The van der Waals surface area contributed by atoms with E-state index >= 15 is 0 Å². The maximum absolute atomic E-state index is 12.8. The number of benzene rings is 1. The molecule has 1 aliphatic heterocycles. The molecule has 0 radical (unpaired) electrons. The van der Waals surface area contributed by atoms with E-state index in [1.54, 1.807) is 9.80 Å². The van der Waals surface area contributed by atoms with Gasteiger partial charge >= 0.3 is 6.18 Å². The predicted molar refractivity (Wildman–Crippen MR) is 99.7 cm³/mol. The van der Waals surface area contributed by atoms with Crippen molar-refractivity contribution in [2.24, 2.45) is 0 Å². The van der Waals surface area contributed by atoms with Crippen molar-refractivity contribution in [3.8, 4) is 0 Å². The van der Waals surface area contributed by atoms with E-state index in [1.807, 2.05) is 0 Å². The third kappa shape index (κ3) is 4.91. The Bertz CT molecular complexity index is 936. The smallest absolute Gasteiger partial charge is 0.339 e. The summed E-state index contributed by atoms with van der Waals surface area (Å²) in [4.78, 5) is 43.4. The molecule has 2 aromatic rings. The number of piperazine rings is 1. The van der Waals surface area contributed by atoms with Gasteiger partial charge in [0, 0.05) is 44.0 Å². The number of carbonyl (C=O) groups is 3. The number of halogens is 3. The average molecular weight is 426 g/mol. The summed E-state index contributed by atoms with van der Waals surface area (Å²) >= 11 is 1.00. The highest BCUT2D eigenvalue weighted by Gasteiger charge is 2.31. The number of amides is 3. The van der Waals surface area contributed by atoms with Crippen molar-refractivity contribution in [1.82, 2.24) is 14.8 Å². The Hall–Kier alpha value is -2.95. The van der Waals surface area contributed by atoms with Crippen LogP contribution in [-0.2, 0) is 11.0 Å². The van der Waals surface area contributed by atoms with E-state index < -0.39 is 17.6 Å². The molecule has 0 spiro atoms. The molecule has 0 unspecified atom stereocenters. The molecule has 1 aliphatic rings. The van der Waals surface area contributed by atoms with Gasteiger partial charge in [0.05, 0.1) is 5.56 Å². The number of nitrogens with one attached hydrogen (secondary N) is 1. The molecule has 154 valence electrons. The first-order valence-corrected chi connectivity index (χ1v) is 9.52. The number of alkyl halides is 3. The van der Waals surface area contributed by atoms with Gasteiger partial charge in [-0.2, -0.15) is 13.2 Å². The lowest BCUT2D eigenvalue weighted by Gasteiger charge is -2.33. The van der Waals surface area contributed by atoms with E-state index in [-0.39, 0.29) is 28.2 Å². The van der Waals surface area contributed by atoms with Crippen LogP contribution in [0.15, 0.2) is 29.6 Å². The Morgan fingerprint density at radius 3 is 2.38 bits per heavy atom. The molecular weight excluding hydrogens is 409 g/mol. The minimum Gasteiger partial charge on any atom is -0.339 e. The Labute approximate surface area is 168 Å². The lowest BCUT2D eigenvalue weighted by molar-refractivity contribution is -0.137. The first-order chi connectivity index (χ1) is 13.6. The normalized spacial score (nSPS) is 14.6. The van der Waals surface area contributed by atoms with Crippen molar-refractivity contribution in [3.63, 3.8) is 0 Å². The van der Waals surface area contributed by atoms with Gasteiger partial charge in [-0.05, 0) is 18.2 Å². The van der Waals surface area contributed by atoms with Crippen molar-refractivity contribution < 1.29 is 27.6 Å². The molecule has 3 rings (SSSR count). The Morgan fingerprint density at radius 2 is 1.76 bits per heavy atom. The topological polar surface area (TPSA) is 82.6 Å². The van der Waals surface area contributed by atoms with Crippen molar-refractivity contribution in [1.29, 1.82) is 0 Å². The van der Waals surface area contributed by atoms with E-state index in [2.05, 4.69) is 10.3 Å². The number of thiazole rings is 1. The quantitative estimate of drug-likeness (QED) is 0.818. The van der Waals surface area contributed by atoms with Gasteiger partial charge in [-0.15, -0.1) is 11.3 Å². The van der Waals surface area contributed by atoms with Crippen LogP contribution in [0.4, 0.5) is 18.3 Å². The monoisotopic (exact) mass is 426 g/mol. The van der Waals surface area contributed by atoms with E-state index in [0.29, 0.717) is 26.2 Å². The van der Waals surface area contributed by atoms with Crippen LogP contribution in [0, 0.1) is 0 Å². The number of rotatable bonds is 3. The van der Waals surface area contributed by atoms with Crippen LogP contribution in [0.3, 0.4) is 0 Å². The number of hydrogen-bond acceptors (Lipinski definition) is 5. The molecule has 11 heteroatoms. The molecule has 0 bridgehead atoms. The van der Waals surface area contributed by atoms with Crippen LogP contribution >= 0.6 is 11.3 Å². The van der Waals surface area contributed by atoms with Gasteiger partial charge in [0.15, 0.2) is 5.13 Å². The molecule has 1 saturated heterocycles. The zero-order chi connectivity index (χ0) is 21.2. The van der Waals surface area contributed by atoms with Crippen LogP contribution < -0.4 is 5.32 Å². The van der Waals surface area contributed by atoms with Crippen molar-refractivity contribution in [2.75, 3.05) is 31.5 Å². The lowest BCUT2D eigenvalue weighted by Crippen LogP contribution is -2.50. The molecule has 3 amide bonds. The summed E-state index contributed by atoms with van der Waals surface area (Å²) in [6, 6.07) is 4.04. The maximum atomic E-state index is 12.8. The molecule has 1 aromatic heterocycles. The lowest BCUT2D eigenvalue weighted by atomic mass is 10.1. The summed E-state index contributed by atoms with van der Waals surface area (Å²) in [7, 11) is 0. The van der Waals surface area contributed by atoms with Gasteiger partial charge < -0.3 is 9.80 Å². The summed E-state index contributed by atoms with van der Waals surface area (Å²) in [6.45, 7) is 3.09. The molecule has 1 aromatic carbocycles. The standard InChI is InChI=1S/C18H17F3N4O3S/c1-11(26)24-5-7-25(8-6-24)16(28)14-10-29-17(22-14)23-15(27)12-3-2-4-13(9-12)18(19,20)21/h2-4,9-10H,5-8H2,1H3,(H,22,23,27). The van der Waals surface area contributed by atoms with E-state index in [4.69, 9.17) is 0 Å². The molecule has 2 heterocycles. The molecular formula is C18H17F3N4O3S. The fourth-order valence-electron chi connectivity index (χ4n) is 2.82. The Kier molecular flexibility index (Phi) is 5.87. The minimum absolute atomic E-state index is 0.0506. The maximum Gasteiger partial charge on any atom is 0.416 e. The second-order valence-corrected chi connectivity index (χ2v) is 7.23. The summed E-state index contributed by atoms with van der Waals surface area (Å²) in [5.74, 6) is -1.13. The van der Waals surface area contributed by atoms with Crippen LogP contribution in [0.2, 0.25) is 0 Å². The molecule has 29 heavy (non-hydrogen) atoms. The van der Waals surface area contributed by atoms with Crippen LogP contribution in [0.1, 0.15) is 33.3 Å². The molecule has 0 saturated carbocycles. The SMILES string of the molecule is CC(=O)N1CCN(C(=O)c2csc(NC(=O)c3cccc(C(F)(F)F)c3)n2)CC1. The molecule has 0 atom stereocenters. The van der Waals surface area contributed by atoms with E-state index in [9.17, 15) is 27.6 Å². The van der Waals surface area contributed by atoms with Gasteiger partial charge in [-0.25, -0.2) is 4.98 Å². The predicted octanol–water partition coefficient (Wildman–Crippen LogP) is 2.72. The van der Waals surface area contributed by atoms with Gasteiger partial charge in [0.1, 0.15) is 5.69 Å². The molecule has 1 N–H and O–H groups in total. The highest BCUT2D eigenvalue weighted by molar-refractivity contribution is 7.14. The summed E-state index contributed by atoms with van der Waals surface area (Å²) in [5.41, 5.74) is -0.960. The van der Waals surface area contributed by atoms with Gasteiger partial charge in [-0.1, -0.05) is 6.07 Å². The highest BCUT2D eigenvalue weighted by Crippen LogP contribution is 2.29. The van der Waals surface area contributed by atoms with Crippen LogP contribution in [0.25, 0.3) is 0 Å². The van der Waals surface area contributed by atoms with Gasteiger partial charge in [0.25, 0.3) is 11.8 Å².